The Bertz CT molecular complexity index is 937. The summed E-state index contributed by atoms with van der Waals surface area (Å²) in [4.78, 5) is 15.0. The standard InChI is InChI=1S/C22H20FNOS/c23-20-11-4-3-9-19(20)21-12-13-24(14-15-26-21)22(25)18-10-5-7-16-6-1-2-8-17(16)18/h1-11,21H,12-15H2. The molecular weight excluding hydrogens is 345 g/mol. The van der Waals surface area contributed by atoms with Gasteiger partial charge in [-0.15, -0.1) is 0 Å². The molecule has 1 saturated heterocycles. The van der Waals surface area contributed by atoms with E-state index >= 15 is 0 Å². The second kappa shape index (κ2) is 7.50. The summed E-state index contributed by atoms with van der Waals surface area (Å²) in [7, 11) is 0. The SMILES string of the molecule is O=C(c1cccc2ccccc12)N1CCSC(c2ccccc2F)CC1. The maximum atomic E-state index is 14.1. The van der Waals surface area contributed by atoms with Gasteiger partial charge in [0.05, 0.1) is 0 Å². The van der Waals surface area contributed by atoms with Gasteiger partial charge in [-0.2, -0.15) is 11.8 Å². The fraction of sp³-hybridized carbons (Fsp3) is 0.227. The van der Waals surface area contributed by atoms with Gasteiger partial charge in [0.2, 0.25) is 0 Å². The van der Waals surface area contributed by atoms with E-state index in [2.05, 4.69) is 0 Å². The summed E-state index contributed by atoms with van der Waals surface area (Å²) in [5, 5.41) is 2.16. The Morgan fingerprint density at radius 3 is 2.62 bits per heavy atom. The van der Waals surface area contributed by atoms with Crippen molar-refractivity contribution in [3.05, 3.63) is 83.7 Å². The number of thioether (sulfide) groups is 1. The first kappa shape index (κ1) is 17.1. The van der Waals surface area contributed by atoms with Crippen molar-refractivity contribution in [3.63, 3.8) is 0 Å². The van der Waals surface area contributed by atoms with Gasteiger partial charge in [-0.05, 0) is 29.3 Å². The van der Waals surface area contributed by atoms with Gasteiger partial charge in [0.1, 0.15) is 5.82 Å². The lowest BCUT2D eigenvalue weighted by Crippen LogP contribution is -2.33. The van der Waals surface area contributed by atoms with Gasteiger partial charge in [0.25, 0.3) is 5.91 Å². The first-order valence-corrected chi connectivity index (χ1v) is 9.92. The fourth-order valence-corrected chi connectivity index (χ4v) is 4.79. The van der Waals surface area contributed by atoms with E-state index in [0.717, 1.165) is 34.1 Å². The van der Waals surface area contributed by atoms with Crippen molar-refractivity contribution in [2.45, 2.75) is 11.7 Å². The van der Waals surface area contributed by atoms with Gasteiger partial charge < -0.3 is 4.90 Å². The molecule has 0 spiro atoms. The number of fused-ring (bicyclic) bond motifs is 1. The molecule has 0 bridgehead atoms. The minimum Gasteiger partial charge on any atom is -0.338 e. The molecule has 132 valence electrons. The van der Waals surface area contributed by atoms with Crippen LogP contribution < -0.4 is 0 Å². The summed E-state index contributed by atoms with van der Waals surface area (Å²) < 4.78 is 14.1. The quantitative estimate of drug-likeness (QED) is 0.614. The molecule has 3 aromatic rings. The van der Waals surface area contributed by atoms with E-state index < -0.39 is 0 Å². The number of halogens is 1. The molecule has 1 fully saturated rings. The Kier molecular flexibility index (Phi) is 4.93. The zero-order chi connectivity index (χ0) is 17.9. The van der Waals surface area contributed by atoms with Gasteiger partial charge in [-0.25, -0.2) is 4.39 Å². The Balaban J connectivity index is 1.55. The van der Waals surface area contributed by atoms with Crippen molar-refractivity contribution in [1.29, 1.82) is 0 Å². The van der Waals surface area contributed by atoms with Crippen LogP contribution in [0, 0.1) is 5.82 Å². The molecule has 0 saturated carbocycles. The van der Waals surface area contributed by atoms with Gasteiger partial charge >= 0.3 is 0 Å². The molecule has 0 aliphatic carbocycles. The Labute approximate surface area is 157 Å². The minimum atomic E-state index is -0.154. The monoisotopic (exact) mass is 365 g/mol. The molecule has 4 heteroatoms. The van der Waals surface area contributed by atoms with Crippen molar-refractivity contribution < 1.29 is 9.18 Å². The van der Waals surface area contributed by atoms with Crippen molar-refractivity contribution >= 4 is 28.4 Å². The predicted octanol–water partition coefficient (Wildman–Crippen LogP) is 5.30. The topological polar surface area (TPSA) is 20.3 Å². The van der Waals surface area contributed by atoms with E-state index in [1.54, 1.807) is 17.8 Å². The van der Waals surface area contributed by atoms with Crippen LogP contribution in [0.4, 0.5) is 4.39 Å². The molecule has 1 aliphatic heterocycles. The highest BCUT2D eigenvalue weighted by atomic mass is 32.2. The number of rotatable bonds is 2. The van der Waals surface area contributed by atoms with E-state index in [9.17, 15) is 9.18 Å². The first-order chi connectivity index (χ1) is 12.7. The number of carbonyl (C=O) groups is 1. The van der Waals surface area contributed by atoms with Crippen molar-refractivity contribution in [1.82, 2.24) is 4.90 Å². The summed E-state index contributed by atoms with van der Waals surface area (Å²) in [6.07, 6.45) is 0.766. The maximum Gasteiger partial charge on any atom is 0.254 e. The molecule has 26 heavy (non-hydrogen) atoms. The van der Waals surface area contributed by atoms with Crippen molar-refractivity contribution in [2.24, 2.45) is 0 Å². The summed E-state index contributed by atoms with van der Waals surface area (Å²) in [6, 6.07) is 20.8. The smallest absolute Gasteiger partial charge is 0.254 e. The summed E-state index contributed by atoms with van der Waals surface area (Å²) in [6.45, 7) is 1.34. The highest BCUT2D eigenvalue weighted by Crippen LogP contribution is 2.36. The normalized spacial score (nSPS) is 17.9. The highest BCUT2D eigenvalue weighted by Gasteiger charge is 2.25. The number of benzene rings is 3. The Hall–Kier alpha value is -2.33. The van der Waals surface area contributed by atoms with Crippen LogP contribution >= 0.6 is 11.8 Å². The summed E-state index contributed by atoms with van der Waals surface area (Å²) in [5.41, 5.74) is 1.49. The molecular formula is C22H20FNOS. The summed E-state index contributed by atoms with van der Waals surface area (Å²) in [5.74, 6) is 0.727. The Morgan fingerprint density at radius 1 is 0.962 bits per heavy atom. The molecule has 0 radical (unpaired) electrons. The molecule has 0 N–H and O–H groups in total. The van der Waals surface area contributed by atoms with E-state index in [-0.39, 0.29) is 17.0 Å². The predicted molar refractivity (Wildman–Crippen MR) is 106 cm³/mol. The highest BCUT2D eigenvalue weighted by molar-refractivity contribution is 7.99. The molecule has 3 aromatic carbocycles. The van der Waals surface area contributed by atoms with Crippen LogP contribution in [0.15, 0.2) is 66.7 Å². The largest absolute Gasteiger partial charge is 0.338 e. The van der Waals surface area contributed by atoms with E-state index in [1.165, 1.54) is 6.07 Å². The zero-order valence-corrected chi connectivity index (χ0v) is 15.2. The van der Waals surface area contributed by atoms with Crippen LogP contribution in [-0.2, 0) is 0 Å². The second-order valence-electron chi connectivity index (χ2n) is 6.49. The third kappa shape index (κ3) is 3.34. The molecule has 1 heterocycles. The van der Waals surface area contributed by atoms with E-state index in [0.29, 0.717) is 13.1 Å². The Morgan fingerprint density at radius 2 is 1.73 bits per heavy atom. The van der Waals surface area contributed by atoms with Gasteiger partial charge in [0, 0.05) is 35.2 Å². The number of amides is 1. The average Bonchev–Trinajstić information content (AvgIpc) is 2.93. The van der Waals surface area contributed by atoms with Gasteiger partial charge in [0.15, 0.2) is 0 Å². The van der Waals surface area contributed by atoms with Crippen LogP contribution in [0.2, 0.25) is 0 Å². The molecule has 1 atom stereocenters. The number of carbonyl (C=O) groups excluding carboxylic acids is 1. The first-order valence-electron chi connectivity index (χ1n) is 8.87. The van der Waals surface area contributed by atoms with Crippen LogP contribution in [0.1, 0.15) is 27.6 Å². The number of hydrogen-bond donors (Lipinski definition) is 0. The molecule has 1 unspecified atom stereocenters. The van der Waals surface area contributed by atoms with Crippen LogP contribution in [0.5, 0.6) is 0 Å². The van der Waals surface area contributed by atoms with E-state index in [4.69, 9.17) is 0 Å². The average molecular weight is 365 g/mol. The lowest BCUT2D eigenvalue weighted by atomic mass is 10.0. The second-order valence-corrected chi connectivity index (χ2v) is 7.80. The lowest BCUT2D eigenvalue weighted by molar-refractivity contribution is 0.0768. The summed E-state index contributed by atoms with van der Waals surface area (Å²) >= 11 is 1.74. The van der Waals surface area contributed by atoms with Gasteiger partial charge in [-0.3, -0.25) is 4.79 Å². The molecule has 4 rings (SSSR count). The number of nitrogens with zero attached hydrogens (tertiary/aromatic N) is 1. The van der Waals surface area contributed by atoms with E-state index in [1.807, 2.05) is 59.5 Å². The van der Waals surface area contributed by atoms with Gasteiger partial charge in [-0.1, -0.05) is 54.6 Å². The minimum absolute atomic E-state index is 0.0663. The molecule has 1 amide bonds. The van der Waals surface area contributed by atoms with Crippen LogP contribution in [-0.4, -0.2) is 29.6 Å². The third-order valence-corrected chi connectivity index (χ3v) is 6.21. The van der Waals surface area contributed by atoms with Crippen molar-refractivity contribution in [2.75, 3.05) is 18.8 Å². The zero-order valence-electron chi connectivity index (χ0n) is 14.4. The lowest BCUT2D eigenvalue weighted by Gasteiger charge is -2.21. The molecule has 1 aliphatic rings. The number of hydrogen-bond acceptors (Lipinski definition) is 2. The fourth-order valence-electron chi connectivity index (χ4n) is 3.54. The maximum absolute atomic E-state index is 14.1. The van der Waals surface area contributed by atoms with Crippen molar-refractivity contribution in [3.8, 4) is 0 Å². The molecule has 2 nitrogen and oxygen atoms in total. The van der Waals surface area contributed by atoms with Crippen LogP contribution in [0.3, 0.4) is 0 Å². The molecule has 0 aromatic heterocycles. The van der Waals surface area contributed by atoms with Crippen LogP contribution in [0.25, 0.3) is 10.8 Å². The third-order valence-electron chi connectivity index (χ3n) is 4.90.